The summed E-state index contributed by atoms with van der Waals surface area (Å²) in [6.45, 7) is 4.15. The van der Waals surface area contributed by atoms with Crippen LogP contribution in [0.2, 0.25) is 0 Å². The molecule has 0 saturated carbocycles. The first-order valence-electron chi connectivity index (χ1n) is 10.5. The number of hydrogen-bond donors (Lipinski definition) is 2. The largest absolute Gasteiger partial charge is 0.452 e. The number of fused-ring (bicyclic) bond motifs is 2. The highest BCUT2D eigenvalue weighted by Gasteiger charge is 2.43. The molecular weight excluding hydrogens is 430 g/mol. The van der Waals surface area contributed by atoms with Gasteiger partial charge in [-0.25, -0.2) is 4.79 Å². The van der Waals surface area contributed by atoms with Gasteiger partial charge in [0.2, 0.25) is 11.8 Å². The third-order valence-corrected chi connectivity index (χ3v) is 6.96. The first kappa shape index (κ1) is 22.0. The molecule has 3 amide bonds. The maximum Gasteiger partial charge on any atom is 0.341 e. The molecular formula is C23H25N3O5S. The van der Waals surface area contributed by atoms with Crippen LogP contribution >= 0.6 is 11.3 Å². The molecule has 1 aliphatic carbocycles. The number of carbonyl (C=O) groups excluding carboxylic acids is 4. The van der Waals surface area contributed by atoms with Crippen LogP contribution in [-0.2, 0) is 32.0 Å². The van der Waals surface area contributed by atoms with E-state index in [0.29, 0.717) is 21.9 Å². The van der Waals surface area contributed by atoms with E-state index in [1.54, 1.807) is 38.1 Å². The van der Waals surface area contributed by atoms with Gasteiger partial charge in [-0.3, -0.25) is 19.3 Å². The maximum atomic E-state index is 13.1. The minimum absolute atomic E-state index is 0.272. The van der Waals surface area contributed by atoms with E-state index in [9.17, 15) is 19.2 Å². The molecule has 0 spiro atoms. The Hall–Kier alpha value is -3.20. The van der Waals surface area contributed by atoms with E-state index < -0.39 is 24.0 Å². The van der Waals surface area contributed by atoms with Gasteiger partial charge in [-0.1, -0.05) is 12.1 Å². The molecule has 0 fully saturated rings. The number of benzene rings is 1. The topological polar surface area (TPSA) is 105 Å². The summed E-state index contributed by atoms with van der Waals surface area (Å²) in [7, 11) is 0. The Labute approximate surface area is 189 Å². The molecule has 168 valence electrons. The van der Waals surface area contributed by atoms with Crippen LogP contribution in [0, 0.1) is 0 Å². The smallest absolute Gasteiger partial charge is 0.341 e. The van der Waals surface area contributed by atoms with Crippen molar-refractivity contribution in [2.75, 3.05) is 22.1 Å². The predicted octanol–water partition coefficient (Wildman–Crippen LogP) is 3.51. The predicted molar refractivity (Wildman–Crippen MR) is 122 cm³/mol. The number of nitrogens with zero attached hydrogens (tertiary/aromatic N) is 1. The normalized spacial score (nSPS) is 16.5. The van der Waals surface area contributed by atoms with Crippen molar-refractivity contribution in [3.63, 3.8) is 0 Å². The molecule has 2 heterocycles. The molecule has 2 N–H and O–H groups in total. The summed E-state index contributed by atoms with van der Waals surface area (Å²) in [5.41, 5.74) is 1.15. The van der Waals surface area contributed by atoms with E-state index in [2.05, 4.69) is 10.6 Å². The third kappa shape index (κ3) is 3.88. The monoisotopic (exact) mass is 455 g/mol. The van der Waals surface area contributed by atoms with Crippen molar-refractivity contribution in [2.45, 2.75) is 52.0 Å². The lowest BCUT2D eigenvalue weighted by molar-refractivity contribution is -0.128. The molecule has 0 atom stereocenters. The highest BCUT2D eigenvalue weighted by molar-refractivity contribution is 7.17. The van der Waals surface area contributed by atoms with Gasteiger partial charge in [0.05, 0.1) is 16.9 Å². The fraction of sp³-hybridized carbons (Fsp3) is 0.391. The maximum absolute atomic E-state index is 13.1. The number of esters is 1. The van der Waals surface area contributed by atoms with Gasteiger partial charge in [0.25, 0.3) is 5.91 Å². The van der Waals surface area contributed by atoms with Crippen molar-refractivity contribution in [3.05, 3.63) is 40.3 Å². The van der Waals surface area contributed by atoms with Crippen LogP contribution in [0.3, 0.4) is 0 Å². The number of para-hydroxylation sites is 2. The summed E-state index contributed by atoms with van der Waals surface area (Å²) in [6, 6.07) is 6.99. The molecule has 9 heteroatoms. The summed E-state index contributed by atoms with van der Waals surface area (Å²) in [5.74, 6) is -1.74. The number of amides is 3. The van der Waals surface area contributed by atoms with Crippen molar-refractivity contribution in [1.29, 1.82) is 0 Å². The van der Waals surface area contributed by atoms with Gasteiger partial charge in [-0.2, -0.15) is 0 Å². The molecule has 4 rings (SSSR count). The molecule has 0 unspecified atom stereocenters. The van der Waals surface area contributed by atoms with Crippen LogP contribution in [-0.4, -0.2) is 35.8 Å². The Morgan fingerprint density at radius 1 is 1.19 bits per heavy atom. The Balaban J connectivity index is 1.57. The van der Waals surface area contributed by atoms with Crippen molar-refractivity contribution >= 4 is 51.4 Å². The lowest BCUT2D eigenvalue weighted by Gasteiger charge is -2.41. The second-order valence-electron chi connectivity index (χ2n) is 8.43. The Bertz CT molecular complexity index is 1120. The average molecular weight is 456 g/mol. The van der Waals surface area contributed by atoms with E-state index in [-0.39, 0.29) is 11.8 Å². The van der Waals surface area contributed by atoms with E-state index in [4.69, 9.17) is 4.74 Å². The first-order valence-corrected chi connectivity index (χ1v) is 11.3. The zero-order valence-corrected chi connectivity index (χ0v) is 19.1. The molecule has 2 aromatic rings. The number of rotatable bonds is 4. The number of ether oxygens (including phenoxy) is 1. The van der Waals surface area contributed by atoms with Crippen LogP contribution in [0.4, 0.5) is 16.4 Å². The van der Waals surface area contributed by atoms with Gasteiger partial charge >= 0.3 is 5.97 Å². The fourth-order valence-corrected chi connectivity index (χ4v) is 5.52. The number of hydrogen-bond acceptors (Lipinski definition) is 6. The van der Waals surface area contributed by atoms with E-state index in [0.717, 1.165) is 36.1 Å². The minimum atomic E-state index is -1.15. The van der Waals surface area contributed by atoms with Crippen molar-refractivity contribution in [2.24, 2.45) is 0 Å². The van der Waals surface area contributed by atoms with Crippen LogP contribution < -0.4 is 15.5 Å². The number of thiophene rings is 1. The molecule has 1 aromatic heterocycles. The number of carbonyl (C=O) groups is 4. The fourth-order valence-electron chi connectivity index (χ4n) is 4.19. The number of nitrogens with one attached hydrogen (secondary N) is 2. The minimum Gasteiger partial charge on any atom is -0.452 e. The van der Waals surface area contributed by atoms with Crippen molar-refractivity contribution in [1.82, 2.24) is 0 Å². The quantitative estimate of drug-likeness (QED) is 0.687. The summed E-state index contributed by atoms with van der Waals surface area (Å²) in [4.78, 5) is 52.8. The van der Waals surface area contributed by atoms with E-state index in [1.165, 1.54) is 23.2 Å². The third-order valence-electron chi connectivity index (χ3n) is 5.75. The Morgan fingerprint density at radius 2 is 1.91 bits per heavy atom. The highest BCUT2D eigenvalue weighted by atomic mass is 32.1. The number of aryl methyl sites for hydroxylation is 1. The van der Waals surface area contributed by atoms with Gasteiger partial charge in [0.1, 0.15) is 10.5 Å². The SMILES string of the molecule is CC(=O)Nc1sc2c(c1C(=O)OCC(=O)N1c3ccccc3NC(=O)C1(C)C)CCCC2. The van der Waals surface area contributed by atoms with Gasteiger partial charge in [0.15, 0.2) is 6.61 Å². The number of anilines is 3. The van der Waals surface area contributed by atoms with Gasteiger partial charge in [-0.05, 0) is 57.2 Å². The standard InChI is InChI=1S/C23H25N3O5S/c1-13(27)24-20-19(14-8-4-7-11-17(14)32-20)21(29)31-12-18(28)26-16-10-6-5-9-15(16)25-22(30)23(26,2)3/h5-6,9-10H,4,7-8,11-12H2,1-3H3,(H,24,27)(H,25,30). The zero-order valence-electron chi connectivity index (χ0n) is 18.2. The molecule has 0 bridgehead atoms. The molecule has 0 saturated heterocycles. The van der Waals surface area contributed by atoms with Gasteiger partial charge in [0, 0.05) is 11.8 Å². The highest BCUT2D eigenvalue weighted by Crippen LogP contribution is 2.39. The molecule has 8 nitrogen and oxygen atoms in total. The summed E-state index contributed by atoms with van der Waals surface area (Å²) >= 11 is 1.39. The van der Waals surface area contributed by atoms with Crippen LogP contribution in [0.5, 0.6) is 0 Å². The lowest BCUT2D eigenvalue weighted by atomic mass is 9.95. The molecule has 1 aromatic carbocycles. The Morgan fingerprint density at radius 3 is 2.66 bits per heavy atom. The molecule has 0 radical (unpaired) electrons. The lowest BCUT2D eigenvalue weighted by Crippen LogP contribution is -2.59. The van der Waals surface area contributed by atoms with Gasteiger partial charge < -0.3 is 15.4 Å². The first-order chi connectivity index (χ1) is 15.2. The Kier molecular flexibility index (Phi) is 5.77. The second-order valence-corrected chi connectivity index (χ2v) is 9.54. The average Bonchev–Trinajstić information content (AvgIpc) is 3.09. The van der Waals surface area contributed by atoms with E-state index >= 15 is 0 Å². The molecule has 2 aliphatic rings. The summed E-state index contributed by atoms with van der Waals surface area (Å²) in [6.07, 6.45) is 3.57. The van der Waals surface area contributed by atoms with Crippen molar-refractivity contribution in [3.8, 4) is 0 Å². The van der Waals surface area contributed by atoms with E-state index in [1.807, 2.05) is 0 Å². The second kappa shape index (κ2) is 8.38. The summed E-state index contributed by atoms with van der Waals surface area (Å²) < 4.78 is 5.43. The summed E-state index contributed by atoms with van der Waals surface area (Å²) in [5, 5.41) is 5.99. The van der Waals surface area contributed by atoms with Crippen molar-refractivity contribution < 1.29 is 23.9 Å². The zero-order chi connectivity index (χ0) is 23.0. The molecule has 1 aliphatic heterocycles. The van der Waals surface area contributed by atoms with Crippen LogP contribution in [0.15, 0.2) is 24.3 Å². The van der Waals surface area contributed by atoms with Gasteiger partial charge in [-0.15, -0.1) is 11.3 Å². The van der Waals surface area contributed by atoms with Crippen LogP contribution in [0.1, 0.15) is 54.4 Å². The molecule has 32 heavy (non-hydrogen) atoms. The van der Waals surface area contributed by atoms with Crippen LogP contribution in [0.25, 0.3) is 0 Å².